The van der Waals surface area contributed by atoms with Crippen LogP contribution < -0.4 is 10.1 Å². The summed E-state index contributed by atoms with van der Waals surface area (Å²) in [4.78, 5) is 0. The van der Waals surface area contributed by atoms with Gasteiger partial charge in [0.2, 0.25) is 0 Å². The molecule has 0 saturated carbocycles. The van der Waals surface area contributed by atoms with Gasteiger partial charge in [-0.25, -0.2) is 0 Å². The van der Waals surface area contributed by atoms with Crippen LogP contribution in [0.15, 0.2) is 0 Å². The number of unbranched alkanes of at least 4 members (excludes halogenated alkanes) is 4. The van der Waals surface area contributed by atoms with Crippen molar-refractivity contribution in [3.05, 3.63) is 5.01 Å². The summed E-state index contributed by atoms with van der Waals surface area (Å²) in [6.45, 7) is 6.80. The molecule has 0 fully saturated rings. The first-order valence-corrected chi connectivity index (χ1v) is 7.34. The second kappa shape index (κ2) is 9.36. The number of hydrogen-bond acceptors (Lipinski definition) is 5. The van der Waals surface area contributed by atoms with E-state index in [1.807, 2.05) is 0 Å². The summed E-state index contributed by atoms with van der Waals surface area (Å²) in [5.41, 5.74) is 0. The van der Waals surface area contributed by atoms with E-state index in [9.17, 15) is 0 Å². The van der Waals surface area contributed by atoms with E-state index in [0.717, 1.165) is 31.1 Å². The summed E-state index contributed by atoms with van der Waals surface area (Å²) in [5.74, 6) is 0. The normalized spacial score (nSPS) is 10.7. The Kier molecular flexibility index (Phi) is 7.92. The second-order valence-electron chi connectivity index (χ2n) is 4.00. The molecular formula is C12H23N3OS. The SMILES string of the molecule is CCCCCCCOc1nnc(CNCC)s1. The second-order valence-corrected chi connectivity index (χ2v) is 5.03. The molecule has 0 aliphatic carbocycles. The third-order valence-electron chi connectivity index (χ3n) is 2.45. The Balaban J connectivity index is 2.08. The lowest BCUT2D eigenvalue weighted by molar-refractivity contribution is 0.300. The smallest absolute Gasteiger partial charge is 0.294 e. The molecule has 0 aromatic carbocycles. The number of nitrogens with zero attached hydrogens (tertiary/aromatic N) is 2. The molecule has 0 aliphatic rings. The third kappa shape index (κ3) is 6.58. The van der Waals surface area contributed by atoms with Gasteiger partial charge in [0.15, 0.2) is 0 Å². The van der Waals surface area contributed by atoms with Crippen molar-refractivity contribution in [3.63, 3.8) is 0 Å². The van der Waals surface area contributed by atoms with Gasteiger partial charge in [-0.3, -0.25) is 0 Å². The van der Waals surface area contributed by atoms with Crippen molar-refractivity contribution < 1.29 is 4.74 Å². The zero-order valence-corrected chi connectivity index (χ0v) is 11.7. The lowest BCUT2D eigenvalue weighted by Crippen LogP contribution is -2.11. The van der Waals surface area contributed by atoms with Crippen molar-refractivity contribution in [2.24, 2.45) is 0 Å². The zero-order chi connectivity index (χ0) is 12.3. The molecule has 1 aromatic heterocycles. The molecule has 5 heteroatoms. The Labute approximate surface area is 108 Å². The average Bonchev–Trinajstić information content (AvgIpc) is 2.79. The minimum Gasteiger partial charge on any atom is -0.469 e. The molecule has 0 spiro atoms. The van der Waals surface area contributed by atoms with Gasteiger partial charge in [0.05, 0.1) is 6.61 Å². The first-order chi connectivity index (χ1) is 8.36. The van der Waals surface area contributed by atoms with Crippen LogP contribution in [0.4, 0.5) is 0 Å². The monoisotopic (exact) mass is 257 g/mol. The average molecular weight is 257 g/mol. The van der Waals surface area contributed by atoms with Crippen LogP contribution in [-0.4, -0.2) is 23.3 Å². The number of hydrogen-bond donors (Lipinski definition) is 1. The van der Waals surface area contributed by atoms with E-state index in [1.54, 1.807) is 0 Å². The predicted molar refractivity (Wildman–Crippen MR) is 71.5 cm³/mol. The maximum absolute atomic E-state index is 5.56. The maximum Gasteiger partial charge on any atom is 0.294 e. The molecule has 1 N–H and O–H groups in total. The molecule has 1 heterocycles. The van der Waals surface area contributed by atoms with Gasteiger partial charge in [0.1, 0.15) is 5.01 Å². The molecule has 4 nitrogen and oxygen atoms in total. The lowest BCUT2D eigenvalue weighted by Gasteiger charge is -2.01. The number of nitrogens with one attached hydrogen (secondary N) is 1. The van der Waals surface area contributed by atoms with Crippen LogP contribution in [-0.2, 0) is 6.54 Å². The first-order valence-electron chi connectivity index (χ1n) is 6.52. The highest BCUT2D eigenvalue weighted by Gasteiger charge is 2.03. The van der Waals surface area contributed by atoms with E-state index in [2.05, 4.69) is 29.4 Å². The summed E-state index contributed by atoms with van der Waals surface area (Å²) in [6.07, 6.45) is 6.28. The van der Waals surface area contributed by atoms with Gasteiger partial charge in [-0.05, 0) is 13.0 Å². The Morgan fingerprint density at radius 2 is 1.94 bits per heavy atom. The molecule has 98 valence electrons. The zero-order valence-electron chi connectivity index (χ0n) is 10.9. The summed E-state index contributed by atoms with van der Waals surface area (Å²) in [6, 6.07) is 0. The Hall–Kier alpha value is -0.680. The lowest BCUT2D eigenvalue weighted by atomic mass is 10.2. The topological polar surface area (TPSA) is 47.0 Å². The molecule has 0 unspecified atom stereocenters. The fraction of sp³-hybridized carbons (Fsp3) is 0.833. The fourth-order valence-electron chi connectivity index (χ4n) is 1.46. The van der Waals surface area contributed by atoms with Crippen LogP contribution in [0.2, 0.25) is 0 Å². The van der Waals surface area contributed by atoms with Gasteiger partial charge in [0.25, 0.3) is 5.19 Å². The van der Waals surface area contributed by atoms with Crippen molar-refractivity contribution in [2.45, 2.75) is 52.5 Å². The first kappa shape index (κ1) is 14.4. The Morgan fingerprint density at radius 1 is 1.12 bits per heavy atom. The molecule has 0 atom stereocenters. The van der Waals surface area contributed by atoms with E-state index < -0.39 is 0 Å². The molecule has 0 aliphatic heterocycles. The van der Waals surface area contributed by atoms with Gasteiger partial charge >= 0.3 is 0 Å². The summed E-state index contributed by atoms with van der Waals surface area (Å²) >= 11 is 1.53. The van der Waals surface area contributed by atoms with Crippen molar-refractivity contribution in [3.8, 4) is 5.19 Å². The van der Waals surface area contributed by atoms with Crippen LogP contribution in [0.5, 0.6) is 5.19 Å². The van der Waals surface area contributed by atoms with Crippen LogP contribution in [0, 0.1) is 0 Å². The van der Waals surface area contributed by atoms with Gasteiger partial charge < -0.3 is 10.1 Å². The summed E-state index contributed by atoms with van der Waals surface area (Å²) in [7, 11) is 0. The van der Waals surface area contributed by atoms with Crippen molar-refractivity contribution in [1.29, 1.82) is 0 Å². The van der Waals surface area contributed by atoms with Crippen LogP contribution in [0.3, 0.4) is 0 Å². The molecule has 1 aromatic rings. The number of ether oxygens (including phenoxy) is 1. The molecule has 0 bridgehead atoms. The van der Waals surface area contributed by atoms with E-state index in [-0.39, 0.29) is 0 Å². The van der Waals surface area contributed by atoms with Crippen LogP contribution in [0.1, 0.15) is 51.0 Å². The fourth-order valence-corrected chi connectivity index (χ4v) is 2.15. The molecular weight excluding hydrogens is 234 g/mol. The van der Waals surface area contributed by atoms with E-state index in [4.69, 9.17) is 4.74 Å². The number of aromatic nitrogens is 2. The molecule has 0 amide bonds. The minimum absolute atomic E-state index is 0.702. The molecule has 1 rings (SSSR count). The third-order valence-corrected chi connectivity index (χ3v) is 3.28. The molecule has 0 saturated heterocycles. The van der Waals surface area contributed by atoms with Crippen molar-refractivity contribution in [2.75, 3.05) is 13.2 Å². The van der Waals surface area contributed by atoms with E-state index >= 15 is 0 Å². The summed E-state index contributed by atoms with van der Waals surface area (Å²) in [5, 5.41) is 13.0. The van der Waals surface area contributed by atoms with Crippen LogP contribution in [0.25, 0.3) is 0 Å². The molecule has 17 heavy (non-hydrogen) atoms. The Bertz CT molecular complexity index is 291. The van der Waals surface area contributed by atoms with Crippen molar-refractivity contribution in [1.82, 2.24) is 15.5 Å². The summed E-state index contributed by atoms with van der Waals surface area (Å²) < 4.78 is 5.56. The predicted octanol–water partition coefficient (Wildman–Crippen LogP) is 3.00. The highest BCUT2D eigenvalue weighted by atomic mass is 32.1. The number of rotatable bonds is 10. The minimum atomic E-state index is 0.702. The highest BCUT2D eigenvalue weighted by molar-refractivity contribution is 7.13. The Morgan fingerprint density at radius 3 is 2.71 bits per heavy atom. The van der Waals surface area contributed by atoms with Gasteiger partial charge in [0, 0.05) is 6.54 Å². The van der Waals surface area contributed by atoms with Gasteiger partial charge in [-0.15, -0.1) is 10.2 Å². The highest BCUT2D eigenvalue weighted by Crippen LogP contribution is 2.18. The van der Waals surface area contributed by atoms with Crippen LogP contribution >= 0.6 is 11.3 Å². The van der Waals surface area contributed by atoms with Gasteiger partial charge in [-0.2, -0.15) is 0 Å². The van der Waals surface area contributed by atoms with E-state index in [0.29, 0.717) is 5.19 Å². The van der Waals surface area contributed by atoms with E-state index in [1.165, 1.54) is 37.0 Å². The standard InChI is InChI=1S/C12H23N3OS/c1-3-5-6-7-8-9-16-12-15-14-11(17-12)10-13-4-2/h13H,3-10H2,1-2H3. The largest absolute Gasteiger partial charge is 0.469 e. The van der Waals surface area contributed by atoms with Crippen molar-refractivity contribution >= 4 is 11.3 Å². The molecule has 0 radical (unpaired) electrons. The maximum atomic E-state index is 5.56. The van der Waals surface area contributed by atoms with Gasteiger partial charge in [-0.1, -0.05) is 50.9 Å². The quantitative estimate of drug-likeness (QED) is 0.655.